The van der Waals surface area contributed by atoms with Gasteiger partial charge in [0.05, 0.1) is 5.56 Å². The molecule has 1 saturated heterocycles. The fourth-order valence-corrected chi connectivity index (χ4v) is 2.59. The largest absolute Gasteiger partial charge is 0.334 e. The molecule has 2 heterocycles. The normalized spacial score (nSPS) is 23.0. The van der Waals surface area contributed by atoms with Crippen molar-refractivity contribution < 1.29 is 4.79 Å². The highest BCUT2D eigenvalue weighted by molar-refractivity contribution is 5.94. The highest BCUT2D eigenvalue weighted by Gasteiger charge is 2.34. The van der Waals surface area contributed by atoms with E-state index in [2.05, 4.69) is 10.3 Å². The quantitative estimate of drug-likeness (QED) is 0.873. The number of pyridine rings is 1. The van der Waals surface area contributed by atoms with Crippen molar-refractivity contribution in [3.8, 4) is 0 Å². The molecule has 0 aromatic carbocycles. The van der Waals surface area contributed by atoms with Crippen molar-refractivity contribution in [2.75, 3.05) is 13.1 Å². The molecule has 1 unspecified atom stereocenters. The topological polar surface area (TPSA) is 45.2 Å². The molecule has 4 nitrogen and oxygen atoms in total. The molecule has 2 fully saturated rings. The Morgan fingerprint density at radius 3 is 2.94 bits per heavy atom. The third-order valence-electron chi connectivity index (χ3n) is 3.74. The van der Waals surface area contributed by atoms with Crippen LogP contribution in [0.5, 0.6) is 0 Å². The molecule has 96 valence electrons. The average molecular weight is 245 g/mol. The minimum absolute atomic E-state index is 0.138. The fraction of sp³-hybridized carbons (Fsp3) is 0.571. The van der Waals surface area contributed by atoms with E-state index in [4.69, 9.17) is 0 Å². The summed E-state index contributed by atoms with van der Waals surface area (Å²) in [6.07, 6.45) is 8.09. The summed E-state index contributed by atoms with van der Waals surface area (Å²) in [6.45, 7) is 1.93. The Morgan fingerprint density at radius 2 is 2.33 bits per heavy atom. The van der Waals surface area contributed by atoms with Gasteiger partial charge in [0.1, 0.15) is 0 Å². The van der Waals surface area contributed by atoms with Crippen LogP contribution in [0.3, 0.4) is 0 Å². The fourth-order valence-electron chi connectivity index (χ4n) is 2.59. The third-order valence-corrected chi connectivity index (χ3v) is 3.74. The van der Waals surface area contributed by atoms with Crippen molar-refractivity contribution in [2.45, 2.75) is 37.8 Å². The van der Waals surface area contributed by atoms with E-state index in [1.807, 2.05) is 17.0 Å². The van der Waals surface area contributed by atoms with Gasteiger partial charge in [0.2, 0.25) is 0 Å². The zero-order chi connectivity index (χ0) is 12.4. The minimum atomic E-state index is 0.138. The van der Waals surface area contributed by atoms with Gasteiger partial charge < -0.3 is 10.2 Å². The first-order valence-electron chi connectivity index (χ1n) is 6.79. The van der Waals surface area contributed by atoms with Crippen LogP contribution in [0.15, 0.2) is 24.5 Å². The molecule has 1 amide bonds. The number of nitrogens with zero attached hydrogens (tertiary/aromatic N) is 2. The highest BCUT2D eigenvalue weighted by atomic mass is 16.2. The van der Waals surface area contributed by atoms with Gasteiger partial charge in [0, 0.05) is 31.0 Å². The monoisotopic (exact) mass is 245 g/mol. The van der Waals surface area contributed by atoms with Crippen LogP contribution >= 0.6 is 0 Å². The van der Waals surface area contributed by atoms with E-state index in [9.17, 15) is 4.79 Å². The molecule has 0 spiro atoms. The lowest BCUT2D eigenvalue weighted by Gasteiger charge is -2.25. The SMILES string of the molecule is O=C(c1cccnc1)N(CC1CCCN1)C1CC1. The molecule has 0 bridgehead atoms. The van der Waals surface area contributed by atoms with Gasteiger partial charge in [-0.1, -0.05) is 0 Å². The van der Waals surface area contributed by atoms with Gasteiger partial charge in [-0.2, -0.15) is 0 Å². The van der Waals surface area contributed by atoms with Crippen molar-refractivity contribution in [3.05, 3.63) is 30.1 Å². The van der Waals surface area contributed by atoms with Gasteiger partial charge in [-0.15, -0.1) is 0 Å². The van der Waals surface area contributed by atoms with Crippen molar-refractivity contribution in [3.63, 3.8) is 0 Å². The number of hydrogen-bond donors (Lipinski definition) is 1. The zero-order valence-electron chi connectivity index (χ0n) is 10.5. The second-order valence-electron chi connectivity index (χ2n) is 5.22. The van der Waals surface area contributed by atoms with Gasteiger partial charge in [-0.3, -0.25) is 9.78 Å². The molecule has 1 aromatic heterocycles. The average Bonchev–Trinajstić information content (AvgIpc) is 3.13. The first-order valence-corrected chi connectivity index (χ1v) is 6.79. The summed E-state index contributed by atoms with van der Waals surface area (Å²) < 4.78 is 0. The standard InChI is InChI=1S/C14H19N3O/c18-14(11-3-1-7-15-9-11)17(13-5-6-13)10-12-4-2-8-16-12/h1,3,7,9,12-13,16H,2,4-6,8,10H2. The van der Waals surface area contributed by atoms with E-state index in [0.29, 0.717) is 17.6 Å². The van der Waals surface area contributed by atoms with Crippen molar-refractivity contribution in [1.82, 2.24) is 15.2 Å². The molecule has 4 heteroatoms. The van der Waals surface area contributed by atoms with E-state index in [1.54, 1.807) is 12.4 Å². The molecular weight excluding hydrogens is 226 g/mol. The minimum Gasteiger partial charge on any atom is -0.334 e. The molecule has 1 aliphatic heterocycles. The summed E-state index contributed by atoms with van der Waals surface area (Å²) >= 11 is 0. The first kappa shape index (κ1) is 11.7. The van der Waals surface area contributed by atoms with Crippen LogP contribution in [-0.4, -0.2) is 41.0 Å². The number of amides is 1. The van der Waals surface area contributed by atoms with E-state index in [0.717, 1.165) is 25.9 Å². The molecule has 18 heavy (non-hydrogen) atoms. The Kier molecular flexibility index (Phi) is 3.28. The Hall–Kier alpha value is -1.42. The number of nitrogens with one attached hydrogen (secondary N) is 1. The summed E-state index contributed by atoms with van der Waals surface area (Å²) in [6, 6.07) is 4.62. The summed E-state index contributed by atoms with van der Waals surface area (Å²) in [5, 5.41) is 3.47. The maximum Gasteiger partial charge on any atom is 0.255 e. The zero-order valence-corrected chi connectivity index (χ0v) is 10.5. The smallest absolute Gasteiger partial charge is 0.255 e. The summed E-state index contributed by atoms with van der Waals surface area (Å²) in [7, 11) is 0. The Balaban J connectivity index is 1.71. The second kappa shape index (κ2) is 5.06. The number of aromatic nitrogens is 1. The van der Waals surface area contributed by atoms with Gasteiger partial charge in [0.15, 0.2) is 0 Å². The lowest BCUT2D eigenvalue weighted by atomic mass is 10.2. The van der Waals surface area contributed by atoms with Gasteiger partial charge in [0.25, 0.3) is 5.91 Å². The molecule has 1 atom stereocenters. The maximum atomic E-state index is 12.5. The molecule has 0 radical (unpaired) electrons. The number of carbonyl (C=O) groups is 1. The summed E-state index contributed by atoms with van der Waals surface area (Å²) in [5.74, 6) is 0.138. The molecule has 1 aromatic rings. The highest BCUT2D eigenvalue weighted by Crippen LogP contribution is 2.29. The number of rotatable bonds is 4. The van der Waals surface area contributed by atoms with Gasteiger partial charge in [-0.05, 0) is 44.4 Å². The van der Waals surface area contributed by atoms with E-state index in [-0.39, 0.29) is 5.91 Å². The van der Waals surface area contributed by atoms with E-state index < -0.39 is 0 Å². The van der Waals surface area contributed by atoms with Crippen molar-refractivity contribution >= 4 is 5.91 Å². The van der Waals surface area contributed by atoms with Crippen LogP contribution in [0.1, 0.15) is 36.0 Å². The second-order valence-corrected chi connectivity index (χ2v) is 5.22. The van der Waals surface area contributed by atoms with Crippen LogP contribution in [0.2, 0.25) is 0 Å². The molecule has 1 aliphatic carbocycles. The van der Waals surface area contributed by atoms with Crippen molar-refractivity contribution in [1.29, 1.82) is 0 Å². The maximum absolute atomic E-state index is 12.5. The molecular formula is C14H19N3O. The first-order chi connectivity index (χ1) is 8.84. The number of hydrogen-bond acceptors (Lipinski definition) is 3. The number of carbonyl (C=O) groups excluding carboxylic acids is 1. The lowest BCUT2D eigenvalue weighted by Crippen LogP contribution is -2.42. The molecule has 1 N–H and O–H groups in total. The Bertz CT molecular complexity index is 410. The molecule has 2 aliphatic rings. The summed E-state index contributed by atoms with van der Waals surface area (Å²) in [4.78, 5) is 18.6. The van der Waals surface area contributed by atoms with Crippen molar-refractivity contribution in [2.24, 2.45) is 0 Å². The van der Waals surface area contributed by atoms with Crippen LogP contribution in [-0.2, 0) is 0 Å². The molecule has 3 rings (SSSR count). The van der Waals surface area contributed by atoms with Crippen LogP contribution in [0.4, 0.5) is 0 Å². The van der Waals surface area contributed by atoms with E-state index in [1.165, 1.54) is 12.8 Å². The predicted octanol–water partition coefficient (Wildman–Crippen LogP) is 1.44. The third kappa shape index (κ3) is 2.53. The van der Waals surface area contributed by atoms with Crippen LogP contribution in [0.25, 0.3) is 0 Å². The van der Waals surface area contributed by atoms with Gasteiger partial charge >= 0.3 is 0 Å². The lowest BCUT2D eigenvalue weighted by molar-refractivity contribution is 0.0728. The van der Waals surface area contributed by atoms with Gasteiger partial charge in [-0.25, -0.2) is 0 Å². The van der Waals surface area contributed by atoms with Crippen LogP contribution in [0, 0.1) is 0 Å². The van der Waals surface area contributed by atoms with E-state index >= 15 is 0 Å². The Labute approximate surface area is 107 Å². The van der Waals surface area contributed by atoms with Crippen LogP contribution < -0.4 is 5.32 Å². The summed E-state index contributed by atoms with van der Waals surface area (Å²) in [5.41, 5.74) is 0.711. The Morgan fingerprint density at radius 1 is 1.44 bits per heavy atom. The predicted molar refractivity (Wildman–Crippen MR) is 69.3 cm³/mol. The molecule has 1 saturated carbocycles.